The summed E-state index contributed by atoms with van der Waals surface area (Å²) in [5.74, 6) is 0. The molecule has 1 aliphatic heterocycles. The van der Waals surface area contributed by atoms with Crippen LogP contribution in [0, 0.1) is 0 Å². The first-order valence-electron chi connectivity index (χ1n) is 13.4. The van der Waals surface area contributed by atoms with Crippen molar-refractivity contribution in [1.82, 2.24) is 0 Å². The van der Waals surface area contributed by atoms with Crippen LogP contribution in [0.4, 0.5) is 11.4 Å². The van der Waals surface area contributed by atoms with E-state index in [4.69, 9.17) is 0 Å². The van der Waals surface area contributed by atoms with Crippen molar-refractivity contribution in [3.8, 4) is 0 Å². The van der Waals surface area contributed by atoms with Crippen molar-refractivity contribution in [3.05, 3.63) is 124 Å². The Balaban J connectivity index is 1.35. The highest BCUT2D eigenvalue weighted by Gasteiger charge is 2.24. The van der Waals surface area contributed by atoms with Crippen LogP contribution in [0.5, 0.6) is 0 Å². The molecule has 0 bridgehead atoms. The first-order chi connectivity index (χ1) is 18.7. The van der Waals surface area contributed by atoms with Crippen molar-refractivity contribution < 1.29 is 4.57 Å². The van der Waals surface area contributed by atoms with Gasteiger partial charge in [-0.3, -0.25) is 0 Å². The maximum atomic E-state index is 3.76. The first kappa shape index (κ1) is 24.8. The van der Waals surface area contributed by atoms with E-state index in [1.54, 1.807) is 0 Å². The van der Waals surface area contributed by atoms with Crippen LogP contribution < -0.4 is 14.8 Å². The molecular weight excluding hydrogens is 503 g/mol. The minimum atomic E-state index is 0.963. The lowest BCUT2D eigenvalue weighted by Gasteiger charge is -2.17. The van der Waals surface area contributed by atoms with Gasteiger partial charge in [-0.2, -0.15) is 4.57 Å². The zero-order chi connectivity index (χ0) is 25.9. The Bertz CT molecular complexity index is 1590. The van der Waals surface area contributed by atoms with Crippen LogP contribution in [-0.4, -0.2) is 6.54 Å². The summed E-state index contributed by atoms with van der Waals surface area (Å²) in [5.41, 5.74) is 7.69. The zero-order valence-corrected chi connectivity index (χ0v) is 23.5. The number of fused-ring (bicyclic) bond motifs is 2. The first-order valence-corrected chi connectivity index (χ1v) is 15.0. The van der Waals surface area contributed by atoms with Gasteiger partial charge in [-0.1, -0.05) is 71.6 Å². The number of nitrogens with one attached hydrogen (secondary N) is 1. The lowest BCUT2D eigenvalue weighted by atomic mass is 10.1. The van der Waals surface area contributed by atoms with Gasteiger partial charge in [0.05, 0.1) is 10.7 Å². The smallest absolute Gasteiger partial charge is 0.262 e. The molecule has 0 saturated carbocycles. The van der Waals surface area contributed by atoms with Gasteiger partial charge in [-0.05, 0) is 80.3 Å². The number of anilines is 2. The van der Waals surface area contributed by atoms with E-state index in [1.807, 2.05) is 23.1 Å². The summed E-state index contributed by atoms with van der Waals surface area (Å²) in [5, 5.41) is 6.34. The molecule has 0 fully saturated rings. The Hall–Kier alpha value is -3.54. The van der Waals surface area contributed by atoms with Crippen molar-refractivity contribution >= 4 is 50.8 Å². The van der Waals surface area contributed by atoms with Crippen LogP contribution in [0.15, 0.2) is 124 Å². The lowest BCUT2D eigenvalue weighted by Crippen LogP contribution is -2.33. The monoisotopic (exact) mass is 534 g/mol. The summed E-state index contributed by atoms with van der Waals surface area (Å²) in [6.07, 6.45) is 11.3. The van der Waals surface area contributed by atoms with Gasteiger partial charge in [-0.25, -0.2) is 0 Å². The van der Waals surface area contributed by atoms with Crippen LogP contribution in [0.2, 0.25) is 0 Å². The van der Waals surface area contributed by atoms with Crippen LogP contribution in [0.25, 0.3) is 16.3 Å². The molecule has 4 aromatic rings. The van der Waals surface area contributed by atoms with Gasteiger partial charge in [0.2, 0.25) is 5.52 Å². The van der Waals surface area contributed by atoms with E-state index in [2.05, 4.69) is 132 Å². The number of aryl methyl sites for hydroxylation is 1. The molecule has 0 saturated heterocycles. The fourth-order valence-electron chi connectivity index (χ4n) is 5.24. The van der Waals surface area contributed by atoms with Crippen LogP contribution in [0.1, 0.15) is 31.7 Å². The minimum Gasteiger partial charge on any atom is -0.355 e. The van der Waals surface area contributed by atoms with Crippen molar-refractivity contribution in [2.75, 3.05) is 16.8 Å². The molecule has 2 aliphatic rings. The molecular formula is C33H32N3S2+. The lowest BCUT2D eigenvalue weighted by molar-refractivity contribution is -0.665. The predicted octanol–water partition coefficient (Wildman–Crippen LogP) is 8.78. The summed E-state index contributed by atoms with van der Waals surface area (Å²) >= 11 is 3.72. The predicted molar refractivity (Wildman–Crippen MR) is 165 cm³/mol. The number of hydrogen-bond acceptors (Lipinski definition) is 4. The van der Waals surface area contributed by atoms with Crippen LogP contribution in [0.3, 0.4) is 0 Å². The highest BCUT2D eigenvalue weighted by Crippen LogP contribution is 2.46. The van der Waals surface area contributed by atoms with E-state index >= 15 is 0 Å². The summed E-state index contributed by atoms with van der Waals surface area (Å²) < 4.78 is 3.74. The van der Waals surface area contributed by atoms with Crippen LogP contribution in [-0.2, 0) is 6.54 Å². The maximum Gasteiger partial charge on any atom is 0.262 e. The number of allylic oxidation sites excluding steroid dienone is 5. The molecule has 0 radical (unpaired) electrons. The Labute approximate surface area is 233 Å². The van der Waals surface area contributed by atoms with Gasteiger partial charge in [0.25, 0.3) is 5.01 Å². The number of rotatable bonds is 7. The third kappa shape index (κ3) is 4.84. The van der Waals surface area contributed by atoms with Crippen molar-refractivity contribution in [2.45, 2.75) is 38.1 Å². The van der Waals surface area contributed by atoms with Gasteiger partial charge in [0.1, 0.15) is 11.2 Å². The maximum absolute atomic E-state index is 3.76. The number of benzene rings is 3. The fraction of sp³-hybridized carbons (Fsp3) is 0.182. The molecule has 3 nitrogen and oxygen atoms in total. The highest BCUT2D eigenvalue weighted by molar-refractivity contribution is 8.03. The molecule has 0 spiro atoms. The summed E-state index contributed by atoms with van der Waals surface area (Å²) in [4.78, 5) is 3.74. The van der Waals surface area contributed by atoms with E-state index in [1.165, 1.54) is 47.7 Å². The normalized spacial score (nSPS) is 17.5. The number of para-hydroxylation sites is 3. The van der Waals surface area contributed by atoms with E-state index in [0.29, 0.717) is 0 Å². The average Bonchev–Trinajstić information content (AvgIpc) is 3.63. The molecule has 2 heterocycles. The molecule has 5 heteroatoms. The molecule has 1 aliphatic carbocycles. The molecule has 6 rings (SSSR count). The summed E-state index contributed by atoms with van der Waals surface area (Å²) in [7, 11) is 0. The molecule has 38 heavy (non-hydrogen) atoms. The van der Waals surface area contributed by atoms with Gasteiger partial charge in [0, 0.05) is 35.0 Å². The third-order valence-electron chi connectivity index (χ3n) is 7.11. The van der Waals surface area contributed by atoms with Gasteiger partial charge in [-0.15, -0.1) is 0 Å². The van der Waals surface area contributed by atoms with E-state index in [0.717, 1.165) is 31.6 Å². The van der Waals surface area contributed by atoms with E-state index in [-0.39, 0.29) is 0 Å². The van der Waals surface area contributed by atoms with Gasteiger partial charge in [0.15, 0.2) is 0 Å². The second-order valence-corrected chi connectivity index (χ2v) is 11.5. The summed E-state index contributed by atoms with van der Waals surface area (Å²) in [6, 6.07) is 27.9. The third-order valence-corrected chi connectivity index (χ3v) is 9.37. The number of hydrogen-bond donors (Lipinski definition) is 1. The SMILES string of the molecule is CCN1C(=CC=C2CCC(C=Cc3sc4ccccc4[n+]3CC)=C2Nc2ccccc2)Sc2ccccc21. The standard InChI is InChI=1S/C33H31N3S2/c1-3-35-27-14-8-10-16-29(27)37-31(35)22-20-24-18-19-25(33(24)34-26-12-6-5-7-13-26)21-23-32-36(4-2)28-15-9-11-17-30(28)38-32/h5-17,20-23H,3-4,18-19H2,1-2H3/p+1. The van der Waals surface area contributed by atoms with Crippen LogP contribution >= 0.6 is 23.1 Å². The summed E-state index contributed by atoms with van der Waals surface area (Å²) in [6.45, 7) is 6.37. The molecule has 3 aromatic carbocycles. The second-order valence-electron chi connectivity index (χ2n) is 9.39. The highest BCUT2D eigenvalue weighted by atomic mass is 32.2. The number of thiazole rings is 1. The number of thioether (sulfide) groups is 1. The van der Waals surface area contributed by atoms with Gasteiger partial charge < -0.3 is 10.2 Å². The van der Waals surface area contributed by atoms with Crippen molar-refractivity contribution in [2.24, 2.45) is 0 Å². The molecule has 1 aromatic heterocycles. The Morgan fingerprint density at radius 3 is 2.50 bits per heavy atom. The largest absolute Gasteiger partial charge is 0.355 e. The van der Waals surface area contributed by atoms with Crippen molar-refractivity contribution in [1.29, 1.82) is 0 Å². The quantitative estimate of drug-likeness (QED) is 0.239. The Morgan fingerprint density at radius 2 is 1.66 bits per heavy atom. The van der Waals surface area contributed by atoms with Gasteiger partial charge >= 0.3 is 0 Å². The molecule has 0 atom stereocenters. The molecule has 1 N–H and O–H groups in total. The van der Waals surface area contributed by atoms with E-state index < -0.39 is 0 Å². The van der Waals surface area contributed by atoms with Crippen molar-refractivity contribution in [3.63, 3.8) is 0 Å². The fourth-order valence-corrected chi connectivity index (χ4v) is 7.49. The Morgan fingerprint density at radius 1 is 0.868 bits per heavy atom. The molecule has 0 amide bonds. The Kier molecular flexibility index (Phi) is 7.21. The number of nitrogens with zero attached hydrogens (tertiary/aromatic N) is 2. The average molecular weight is 535 g/mol. The second kappa shape index (κ2) is 11.1. The molecule has 190 valence electrons. The topological polar surface area (TPSA) is 19.1 Å². The van der Waals surface area contributed by atoms with E-state index in [9.17, 15) is 0 Å². The minimum absolute atomic E-state index is 0.963. The number of aromatic nitrogens is 1. The zero-order valence-electron chi connectivity index (χ0n) is 21.9. The molecule has 0 unspecified atom stereocenters.